The molecule has 0 saturated carbocycles. The lowest BCUT2D eigenvalue weighted by Gasteiger charge is -2.35. The zero-order valence-corrected chi connectivity index (χ0v) is 13.0. The van der Waals surface area contributed by atoms with Crippen LogP contribution in [0.1, 0.15) is 25.3 Å². The number of esters is 1. The van der Waals surface area contributed by atoms with Gasteiger partial charge in [0.1, 0.15) is 6.04 Å². The van der Waals surface area contributed by atoms with E-state index in [1.807, 2.05) is 32.2 Å². The molecule has 2 atom stereocenters. The average Bonchev–Trinajstić information content (AvgIpc) is 2.48. The number of ether oxygens (including phenoxy) is 2. The van der Waals surface area contributed by atoms with Crippen molar-refractivity contribution in [1.29, 1.82) is 0 Å². The lowest BCUT2D eigenvalue weighted by Crippen LogP contribution is -2.46. The summed E-state index contributed by atoms with van der Waals surface area (Å²) in [4.78, 5) is 13.9. The molecule has 0 aliphatic carbocycles. The monoisotopic (exact) mass is 291 g/mol. The van der Waals surface area contributed by atoms with Crippen molar-refractivity contribution in [3.05, 3.63) is 35.9 Å². The summed E-state index contributed by atoms with van der Waals surface area (Å²) in [6, 6.07) is 10.1. The molecule has 1 aromatic rings. The quantitative estimate of drug-likeness (QED) is 0.755. The van der Waals surface area contributed by atoms with Crippen LogP contribution < -0.4 is 0 Å². The molecule has 0 bridgehead atoms. The first-order valence-corrected chi connectivity index (χ1v) is 7.69. The lowest BCUT2D eigenvalue weighted by atomic mass is 9.94. The number of carbonyl (C=O) groups excluding carboxylic acids is 1. The summed E-state index contributed by atoms with van der Waals surface area (Å²) in [5.74, 6) is 0.396. The molecule has 0 spiro atoms. The van der Waals surface area contributed by atoms with E-state index >= 15 is 0 Å². The SMILES string of the molecule is CCOC(=O)[C@@H]1CC[C@@H](COCc2ccccc2)CN1C. The molecule has 21 heavy (non-hydrogen) atoms. The Labute approximate surface area is 127 Å². The van der Waals surface area contributed by atoms with Crippen LogP contribution in [-0.2, 0) is 20.9 Å². The molecule has 1 heterocycles. The number of piperidine rings is 1. The van der Waals surface area contributed by atoms with Crippen LogP contribution in [0.3, 0.4) is 0 Å². The molecule has 116 valence electrons. The van der Waals surface area contributed by atoms with Crippen molar-refractivity contribution >= 4 is 5.97 Å². The van der Waals surface area contributed by atoms with Crippen LogP contribution in [0, 0.1) is 5.92 Å². The van der Waals surface area contributed by atoms with Gasteiger partial charge in [0, 0.05) is 6.54 Å². The molecule has 0 aromatic heterocycles. The highest BCUT2D eigenvalue weighted by molar-refractivity contribution is 5.75. The third-order valence-electron chi connectivity index (χ3n) is 3.95. The fraction of sp³-hybridized carbons (Fsp3) is 0.588. The molecule has 1 saturated heterocycles. The summed E-state index contributed by atoms with van der Waals surface area (Å²) >= 11 is 0. The van der Waals surface area contributed by atoms with Crippen LogP contribution >= 0.6 is 0 Å². The van der Waals surface area contributed by atoms with E-state index in [0.717, 1.165) is 26.0 Å². The number of likely N-dealkylation sites (N-methyl/N-ethyl adjacent to an activating group) is 1. The highest BCUT2D eigenvalue weighted by atomic mass is 16.5. The second-order valence-electron chi connectivity index (χ2n) is 5.65. The maximum Gasteiger partial charge on any atom is 0.323 e. The number of rotatable bonds is 6. The third kappa shape index (κ3) is 4.83. The Morgan fingerprint density at radius 2 is 2.05 bits per heavy atom. The van der Waals surface area contributed by atoms with Crippen LogP contribution in [0.5, 0.6) is 0 Å². The van der Waals surface area contributed by atoms with Gasteiger partial charge in [-0.1, -0.05) is 30.3 Å². The first-order chi connectivity index (χ1) is 10.2. The normalized spacial score (nSPS) is 23.0. The van der Waals surface area contributed by atoms with Gasteiger partial charge in [-0.05, 0) is 38.3 Å². The topological polar surface area (TPSA) is 38.8 Å². The summed E-state index contributed by atoms with van der Waals surface area (Å²) in [5.41, 5.74) is 1.20. The molecule has 1 fully saturated rings. The maximum absolute atomic E-state index is 11.8. The molecule has 2 rings (SSSR count). The van der Waals surface area contributed by atoms with Gasteiger partial charge in [0.05, 0.1) is 19.8 Å². The standard InChI is InChI=1S/C17H25NO3/c1-3-21-17(19)16-10-9-15(11-18(16)2)13-20-12-14-7-5-4-6-8-14/h4-8,15-16H,3,9-13H2,1-2H3/t15-,16+/m1/s1. The van der Waals surface area contributed by atoms with Gasteiger partial charge >= 0.3 is 5.97 Å². The van der Waals surface area contributed by atoms with Crippen LogP contribution in [-0.4, -0.2) is 43.7 Å². The van der Waals surface area contributed by atoms with Crippen molar-refractivity contribution in [3.8, 4) is 0 Å². The summed E-state index contributed by atoms with van der Waals surface area (Å²) in [6.07, 6.45) is 1.87. The predicted molar refractivity (Wildman–Crippen MR) is 81.9 cm³/mol. The number of nitrogens with zero attached hydrogens (tertiary/aromatic N) is 1. The molecule has 1 aliphatic rings. The van der Waals surface area contributed by atoms with Gasteiger partial charge in [-0.15, -0.1) is 0 Å². The Hall–Kier alpha value is -1.39. The van der Waals surface area contributed by atoms with E-state index < -0.39 is 0 Å². The summed E-state index contributed by atoms with van der Waals surface area (Å²) in [5, 5.41) is 0. The summed E-state index contributed by atoms with van der Waals surface area (Å²) in [7, 11) is 1.99. The third-order valence-corrected chi connectivity index (χ3v) is 3.95. The second-order valence-corrected chi connectivity index (χ2v) is 5.65. The predicted octanol–water partition coefficient (Wildman–Crippen LogP) is 2.48. The molecule has 0 radical (unpaired) electrons. The van der Waals surface area contributed by atoms with Crippen molar-refractivity contribution in [3.63, 3.8) is 0 Å². The minimum Gasteiger partial charge on any atom is -0.465 e. The molecular weight excluding hydrogens is 266 g/mol. The van der Waals surface area contributed by atoms with Crippen molar-refractivity contribution < 1.29 is 14.3 Å². The molecule has 1 aliphatic heterocycles. The number of benzene rings is 1. The maximum atomic E-state index is 11.8. The second kappa shape index (κ2) is 8.15. The average molecular weight is 291 g/mol. The molecule has 0 amide bonds. The molecule has 4 heteroatoms. The van der Waals surface area contributed by atoms with Gasteiger partial charge in [-0.2, -0.15) is 0 Å². The number of hydrogen-bond donors (Lipinski definition) is 0. The summed E-state index contributed by atoms with van der Waals surface area (Å²) in [6.45, 7) is 4.59. The van der Waals surface area contributed by atoms with Crippen LogP contribution in [0.15, 0.2) is 30.3 Å². The number of hydrogen-bond acceptors (Lipinski definition) is 4. The Kier molecular flexibility index (Phi) is 6.21. The first-order valence-electron chi connectivity index (χ1n) is 7.69. The van der Waals surface area contributed by atoms with Gasteiger partial charge in [0.2, 0.25) is 0 Å². The zero-order valence-electron chi connectivity index (χ0n) is 13.0. The van der Waals surface area contributed by atoms with E-state index in [-0.39, 0.29) is 12.0 Å². The van der Waals surface area contributed by atoms with E-state index in [1.54, 1.807) is 0 Å². The van der Waals surface area contributed by atoms with E-state index in [2.05, 4.69) is 17.0 Å². The van der Waals surface area contributed by atoms with E-state index in [9.17, 15) is 4.79 Å². The zero-order chi connectivity index (χ0) is 15.1. The molecule has 4 nitrogen and oxygen atoms in total. The fourth-order valence-corrected chi connectivity index (χ4v) is 2.83. The minimum atomic E-state index is -0.0938. The number of likely N-dealkylation sites (tertiary alicyclic amines) is 1. The highest BCUT2D eigenvalue weighted by Gasteiger charge is 2.31. The molecular formula is C17H25NO3. The van der Waals surface area contributed by atoms with E-state index in [4.69, 9.17) is 9.47 Å². The Balaban J connectivity index is 1.71. The van der Waals surface area contributed by atoms with Crippen LogP contribution in [0.25, 0.3) is 0 Å². The van der Waals surface area contributed by atoms with Crippen LogP contribution in [0.4, 0.5) is 0 Å². The lowest BCUT2D eigenvalue weighted by molar-refractivity contribution is -0.151. The van der Waals surface area contributed by atoms with Gasteiger partial charge < -0.3 is 9.47 Å². The van der Waals surface area contributed by atoms with Crippen molar-refractivity contribution in [1.82, 2.24) is 4.90 Å². The van der Waals surface area contributed by atoms with Crippen molar-refractivity contribution in [2.24, 2.45) is 5.92 Å². The smallest absolute Gasteiger partial charge is 0.323 e. The summed E-state index contributed by atoms with van der Waals surface area (Å²) < 4.78 is 10.9. The van der Waals surface area contributed by atoms with Crippen molar-refractivity contribution in [2.45, 2.75) is 32.4 Å². The molecule has 1 aromatic carbocycles. The van der Waals surface area contributed by atoms with Crippen molar-refractivity contribution in [2.75, 3.05) is 26.8 Å². The Bertz CT molecular complexity index is 435. The Morgan fingerprint density at radius 1 is 1.29 bits per heavy atom. The first kappa shape index (κ1) is 16.0. The van der Waals surface area contributed by atoms with E-state index in [0.29, 0.717) is 19.1 Å². The minimum absolute atomic E-state index is 0.0877. The van der Waals surface area contributed by atoms with Gasteiger partial charge in [0.15, 0.2) is 0 Å². The van der Waals surface area contributed by atoms with E-state index in [1.165, 1.54) is 5.56 Å². The largest absolute Gasteiger partial charge is 0.465 e. The molecule has 0 N–H and O–H groups in total. The highest BCUT2D eigenvalue weighted by Crippen LogP contribution is 2.22. The fourth-order valence-electron chi connectivity index (χ4n) is 2.83. The number of carbonyl (C=O) groups is 1. The van der Waals surface area contributed by atoms with Gasteiger partial charge in [-0.3, -0.25) is 9.69 Å². The van der Waals surface area contributed by atoms with Gasteiger partial charge in [-0.25, -0.2) is 0 Å². The van der Waals surface area contributed by atoms with Crippen LogP contribution in [0.2, 0.25) is 0 Å². The Morgan fingerprint density at radius 3 is 2.71 bits per heavy atom. The molecule has 0 unspecified atom stereocenters. The van der Waals surface area contributed by atoms with Gasteiger partial charge in [0.25, 0.3) is 0 Å².